The van der Waals surface area contributed by atoms with Gasteiger partial charge in [0.15, 0.2) is 0 Å². The Hall–Kier alpha value is -1.50. The summed E-state index contributed by atoms with van der Waals surface area (Å²) >= 11 is 0. The van der Waals surface area contributed by atoms with Crippen molar-refractivity contribution in [3.05, 3.63) is 12.2 Å². The van der Waals surface area contributed by atoms with Crippen molar-refractivity contribution in [1.82, 2.24) is 9.80 Å². The lowest BCUT2D eigenvalue weighted by molar-refractivity contribution is -0.137. The molecule has 134 valence electrons. The van der Waals surface area contributed by atoms with Crippen molar-refractivity contribution in [1.29, 1.82) is 0 Å². The van der Waals surface area contributed by atoms with E-state index in [0.29, 0.717) is 12.8 Å². The van der Waals surface area contributed by atoms with Gasteiger partial charge in [-0.3, -0.25) is 9.69 Å². The summed E-state index contributed by atoms with van der Waals surface area (Å²) in [5.74, 6) is -0.247. The number of hydrogen-bond acceptors (Lipinski definition) is 4. The summed E-state index contributed by atoms with van der Waals surface area (Å²) in [7, 11) is 1.23. The Morgan fingerprint density at radius 2 is 2.04 bits per heavy atom. The van der Waals surface area contributed by atoms with Crippen LogP contribution < -0.4 is 0 Å². The second kappa shape index (κ2) is 7.17. The van der Waals surface area contributed by atoms with Gasteiger partial charge in [-0.15, -0.1) is 0 Å². The highest BCUT2D eigenvalue weighted by Gasteiger charge is 2.42. The van der Waals surface area contributed by atoms with E-state index in [0.717, 1.165) is 45.3 Å². The Balaban J connectivity index is 1.65. The predicted molar refractivity (Wildman–Crippen MR) is 87.1 cm³/mol. The number of aliphatic imine (C=N–C) groups is 1. The molecule has 24 heavy (non-hydrogen) atoms. The van der Waals surface area contributed by atoms with Gasteiger partial charge in [0.1, 0.15) is 5.66 Å². The third kappa shape index (κ3) is 3.31. The van der Waals surface area contributed by atoms with E-state index in [2.05, 4.69) is 9.89 Å². The van der Waals surface area contributed by atoms with Crippen molar-refractivity contribution in [3.63, 3.8) is 0 Å². The van der Waals surface area contributed by atoms with Crippen molar-refractivity contribution in [2.24, 2.45) is 4.99 Å². The van der Waals surface area contributed by atoms with Gasteiger partial charge in [0.25, 0.3) is 5.90 Å². The van der Waals surface area contributed by atoms with Crippen LogP contribution in [0, 0.1) is 0 Å². The first kappa shape index (κ1) is 17.3. The molecule has 2 saturated heterocycles. The number of methoxy groups -OCH3 is 1. The molecule has 0 N–H and O–H groups in total. The van der Waals surface area contributed by atoms with E-state index in [-0.39, 0.29) is 11.9 Å². The SMILES string of the molecule is CO/C(=N\C1(N2CCC(N3CCCCC3=O)CC2)C=CC1)C(F)F. The Kier molecular flexibility index (Phi) is 5.18. The molecule has 7 heteroatoms. The minimum absolute atomic E-state index is 0.260. The zero-order chi connectivity index (χ0) is 17.2. The quantitative estimate of drug-likeness (QED) is 0.448. The average molecular weight is 341 g/mol. The molecule has 0 bridgehead atoms. The fraction of sp³-hybridized carbons (Fsp3) is 0.765. The minimum atomic E-state index is -2.70. The zero-order valence-corrected chi connectivity index (χ0v) is 14.1. The fourth-order valence-electron chi connectivity index (χ4n) is 3.87. The number of likely N-dealkylation sites (tertiary alicyclic amines) is 2. The normalized spacial score (nSPS) is 29.9. The maximum absolute atomic E-state index is 13.0. The van der Waals surface area contributed by atoms with Crippen molar-refractivity contribution >= 4 is 11.8 Å². The fourth-order valence-corrected chi connectivity index (χ4v) is 3.87. The summed E-state index contributed by atoms with van der Waals surface area (Å²) in [4.78, 5) is 20.4. The number of hydrogen-bond donors (Lipinski definition) is 0. The van der Waals surface area contributed by atoms with E-state index in [1.807, 2.05) is 17.1 Å². The summed E-state index contributed by atoms with van der Waals surface area (Å²) < 4.78 is 30.7. The number of carbonyl (C=O) groups is 1. The molecule has 0 saturated carbocycles. The van der Waals surface area contributed by atoms with E-state index in [1.54, 1.807) is 0 Å². The second-order valence-corrected chi connectivity index (χ2v) is 6.70. The molecule has 3 rings (SSSR count). The molecule has 0 aromatic heterocycles. The van der Waals surface area contributed by atoms with Crippen molar-refractivity contribution in [2.45, 2.75) is 56.7 Å². The first-order chi connectivity index (χ1) is 11.6. The first-order valence-electron chi connectivity index (χ1n) is 8.70. The molecule has 1 aliphatic carbocycles. The van der Waals surface area contributed by atoms with Crippen LogP contribution in [0.15, 0.2) is 17.1 Å². The molecule has 0 aromatic rings. The number of piperidine rings is 2. The highest BCUT2D eigenvalue weighted by molar-refractivity contribution is 5.80. The number of halogens is 2. The zero-order valence-electron chi connectivity index (χ0n) is 14.1. The van der Waals surface area contributed by atoms with E-state index in [4.69, 9.17) is 4.74 Å². The van der Waals surface area contributed by atoms with Crippen LogP contribution in [0.1, 0.15) is 38.5 Å². The highest BCUT2D eigenvalue weighted by Crippen LogP contribution is 2.36. The van der Waals surface area contributed by atoms with Gasteiger partial charge >= 0.3 is 6.43 Å². The van der Waals surface area contributed by atoms with Crippen LogP contribution in [-0.2, 0) is 9.53 Å². The van der Waals surface area contributed by atoms with Gasteiger partial charge in [0.2, 0.25) is 5.91 Å². The Morgan fingerprint density at radius 3 is 2.54 bits per heavy atom. The van der Waals surface area contributed by atoms with Crippen molar-refractivity contribution in [2.75, 3.05) is 26.7 Å². The van der Waals surface area contributed by atoms with Crippen molar-refractivity contribution < 1.29 is 18.3 Å². The number of ether oxygens (including phenoxy) is 1. The van der Waals surface area contributed by atoms with Crippen LogP contribution in [-0.4, -0.2) is 66.5 Å². The van der Waals surface area contributed by atoms with Crippen LogP contribution >= 0.6 is 0 Å². The molecule has 3 aliphatic rings. The van der Waals surface area contributed by atoms with Gasteiger partial charge in [-0.2, -0.15) is 8.78 Å². The molecule has 1 amide bonds. The summed E-state index contributed by atoms with van der Waals surface area (Å²) in [6, 6.07) is 0.274. The predicted octanol–water partition coefficient (Wildman–Crippen LogP) is 2.43. The van der Waals surface area contributed by atoms with Gasteiger partial charge in [0, 0.05) is 38.5 Å². The van der Waals surface area contributed by atoms with Crippen LogP contribution in [0.3, 0.4) is 0 Å². The standard InChI is InChI=1S/C17H25F2N3O2/c1-24-16(15(18)19)20-17(8-4-9-17)21-11-6-13(7-12-21)22-10-3-2-5-14(22)23/h4,8,13,15H,2-3,5-7,9-12H2,1H3/b20-16-. The third-order valence-electron chi connectivity index (χ3n) is 5.32. The number of amides is 1. The summed E-state index contributed by atoms with van der Waals surface area (Å²) in [6.07, 6.45) is 6.20. The maximum atomic E-state index is 13.0. The molecule has 0 aromatic carbocycles. The number of carbonyl (C=O) groups excluding carboxylic acids is 1. The topological polar surface area (TPSA) is 45.1 Å². The smallest absolute Gasteiger partial charge is 0.312 e. The Labute approximate surface area is 141 Å². The molecule has 1 atom stereocenters. The average Bonchev–Trinajstić information content (AvgIpc) is 2.55. The molecule has 2 aliphatic heterocycles. The Morgan fingerprint density at radius 1 is 1.33 bits per heavy atom. The summed E-state index contributed by atoms with van der Waals surface area (Å²) in [5.41, 5.74) is -0.696. The monoisotopic (exact) mass is 341 g/mol. The van der Waals surface area contributed by atoms with Gasteiger partial charge in [0.05, 0.1) is 7.11 Å². The van der Waals surface area contributed by atoms with Crippen LogP contribution in [0.25, 0.3) is 0 Å². The number of alkyl halides is 2. The maximum Gasteiger partial charge on any atom is 0.312 e. The van der Waals surface area contributed by atoms with Gasteiger partial charge in [-0.25, -0.2) is 4.99 Å². The molecule has 0 spiro atoms. The molecular formula is C17H25F2N3O2. The van der Waals surface area contributed by atoms with Crippen LogP contribution in [0.5, 0.6) is 0 Å². The lowest BCUT2D eigenvalue weighted by atomic mass is 9.89. The first-order valence-corrected chi connectivity index (χ1v) is 8.70. The number of nitrogens with zero attached hydrogens (tertiary/aromatic N) is 3. The largest absolute Gasteiger partial charge is 0.480 e. The molecule has 2 heterocycles. The molecular weight excluding hydrogens is 316 g/mol. The third-order valence-corrected chi connectivity index (χ3v) is 5.32. The van der Waals surface area contributed by atoms with Crippen LogP contribution in [0.4, 0.5) is 8.78 Å². The second-order valence-electron chi connectivity index (χ2n) is 6.70. The summed E-state index contributed by atoms with van der Waals surface area (Å²) in [6.45, 7) is 2.36. The summed E-state index contributed by atoms with van der Waals surface area (Å²) in [5, 5.41) is 0. The van der Waals surface area contributed by atoms with E-state index in [1.165, 1.54) is 7.11 Å². The van der Waals surface area contributed by atoms with Gasteiger partial charge in [-0.1, -0.05) is 6.08 Å². The lowest BCUT2D eigenvalue weighted by Gasteiger charge is -2.48. The van der Waals surface area contributed by atoms with E-state index < -0.39 is 18.0 Å². The molecule has 5 nitrogen and oxygen atoms in total. The van der Waals surface area contributed by atoms with Gasteiger partial charge in [-0.05, 0) is 31.8 Å². The number of rotatable bonds is 4. The Bertz CT molecular complexity index is 530. The minimum Gasteiger partial charge on any atom is -0.480 e. The molecule has 0 radical (unpaired) electrons. The van der Waals surface area contributed by atoms with E-state index >= 15 is 0 Å². The highest BCUT2D eigenvalue weighted by atomic mass is 19.3. The van der Waals surface area contributed by atoms with Crippen LogP contribution in [0.2, 0.25) is 0 Å². The molecule has 1 unspecified atom stereocenters. The van der Waals surface area contributed by atoms with Crippen molar-refractivity contribution in [3.8, 4) is 0 Å². The lowest BCUT2D eigenvalue weighted by Crippen LogP contribution is -2.56. The van der Waals surface area contributed by atoms with E-state index in [9.17, 15) is 13.6 Å². The van der Waals surface area contributed by atoms with Gasteiger partial charge < -0.3 is 9.64 Å². The molecule has 2 fully saturated rings.